The van der Waals surface area contributed by atoms with Crippen molar-refractivity contribution in [2.24, 2.45) is 5.84 Å². The Morgan fingerprint density at radius 3 is 2.17 bits per heavy atom. The van der Waals surface area contributed by atoms with E-state index in [1.54, 1.807) is 0 Å². The van der Waals surface area contributed by atoms with Crippen LogP contribution in [0.25, 0.3) is 0 Å². The van der Waals surface area contributed by atoms with Gasteiger partial charge in [-0.1, -0.05) is 63.3 Å². The number of unbranched alkanes of at least 4 members (excludes halogenated alkanes) is 5. The van der Waals surface area contributed by atoms with Crippen LogP contribution in [0.15, 0.2) is 24.3 Å². The maximum atomic E-state index is 11.7. The molecular formula is C19H30N2O3. The number of carbonyl (C=O) groups excluding carboxylic acids is 1. The molecule has 5 nitrogen and oxygen atoms in total. The molecular weight excluding hydrogens is 304 g/mol. The molecule has 1 aromatic carbocycles. The Bertz CT molecular complexity index is 500. The van der Waals surface area contributed by atoms with Crippen LogP contribution < -0.4 is 5.84 Å². The van der Waals surface area contributed by atoms with Crippen LogP contribution in [0, 0.1) is 0 Å². The fraction of sp³-hybridized carbons (Fsp3) is 0.579. The third-order valence-corrected chi connectivity index (χ3v) is 4.07. The molecule has 134 valence electrons. The number of benzene rings is 1. The standard InChI is InChI=1S/C19H30N2O3/c1-2-3-4-5-6-7-8-16-9-11-17(12-10-16)15-21(20)18(22)13-14-19(23)24/h9-12H,2-8,13-15,20H2,1H3,(H,23,24). The number of aryl methyl sites for hydroxylation is 1. The number of aliphatic carboxylic acids is 1. The van der Waals surface area contributed by atoms with Gasteiger partial charge in [0.25, 0.3) is 0 Å². The summed E-state index contributed by atoms with van der Waals surface area (Å²) in [5.74, 6) is 4.36. The van der Waals surface area contributed by atoms with E-state index in [2.05, 4.69) is 19.1 Å². The highest BCUT2D eigenvalue weighted by Crippen LogP contribution is 2.12. The molecule has 24 heavy (non-hydrogen) atoms. The highest BCUT2D eigenvalue weighted by molar-refractivity contribution is 5.80. The van der Waals surface area contributed by atoms with Crippen LogP contribution in [0.2, 0.25) is 0 Å². The summed E-state index contributed by atoms with van der Waals surface area (Å²) in [6.45, 7) is 2.53. The Hall–Kier alpha value is -1.88. The average Bonchev–Trinajstić information content (AvgIpc) is 2.57. The van der Waals surface area contributed by atoms with Gasteiger partial charge < -0.3 is 5.11 Å². The molecule has 0 aliphatic carbocycles. The van der Waals surface area contributed by atoms with Gasteiger partial charge in [0.15, 0.2) is 0 Å². The number of carbonyl (C=O) groups is 2. The number of carboxylic acids is 1. The van der Waals surface area contributed by atoms with E-state index >= 15 is 0 Å². The van der Waals surface area contributed by atoms with Crippen LogP contribution in [-0.2, 0) is 22.6 Å². The number of carboxylic acid groups (broad SMARTS) is 1. The zero-order valence-corrected chi connectivity index (χ0v) is 14.7. The second kappa shape index (κ2) is 11.6. The Labute approximate surface area is 144 Å². The summed E-state index contributed by atoms with van der Waals surface area (Å²) in [7, 11) is 0. The lowest BCUT2D eigenvalue weighted by atomic mass is 10.0. The van der Waals surface area contributed by atoms with Gasteiger partial charge in [0.1, 0.15) is 0 Å². The van der Waals surface area contributed by atoms with Gasteiger partial charge in [-0.2, -0.15) is 0 Å². The number of amides is 1. The highest BCUT2D eigenvalue weighted by atomic mass is 16.4. The summed E-state index contributed by atoms with van der Waals surface area (Å²) in [5.41, 5.74) is 2.25. The molecule has 0 spiro atoms. The molecule has 1 rings (SSSR count). The summed E-state index contributed by atoms with van der Waals surface area (Å²) in [6.07, 6.45) is 8.55. The smallest absolute Gasteiger partial charge is 0.303 e. The Balaban J connectivity index is 2.30. The lowest BCUT2D eigenvalue weighted by molar-refractivity contribution is -0.141. The van der Waals surface area contributed by atoms with Crippen molar-refractivity contribution in [3.8, 4) is 0 Å². The highest BCUT2D eigenvalue weighted by Gasteiger charge is 2.11. The molecule has 5 heteroatoms. The molecule has 0 aliphatic rings. The van der Waals surface area contributed by atoms with Gasteiger partial charge in [0.2, 0.25) is 5.91 Å². The minimum absolute atomic E-state index is 0.0675. The normalized spacial score (nSPS) is 10.6. The summed E-state index contributed by atoms with van der Waals surface area (Å²) < 4.78 is 0. The van der Waals surface area contributed by atoms with Crippen molar-refractivity contribution in [3.05, 3.63) is 35.4 Å². The number of hydrogen-bond acceptors (Lipinski definition) is 3. The van der Waals surface area contributed by atoms with Crippen molar-refractivity contribution < 1.29 is 14.7 Å². The first-order valence-electron chi connectivity index (χ1n) is 8.87. The second-order valence-corrected chi connectivity index (χ2v) is 6.25. The summed E-state index contributed by atoms with van der Waals surface area (Å²) in [6, 6.07) is 8.13. The lowest BCUT2D eigenvalue weighted by Gasteiger charge is -2.16. The van der Waals surface area contributed by atoms with Gasteiger partial charge in [-0.15, -0.1) is 0 Å². The van der Waals surface area contributed by atoms with Crippen molar-refractivity contribution in [2.45, 2.75) is 71.3 Å². The molecule has 0 fully saturated rings. The van der Waals surface area contributed by atoms with Gasteiger partial charge >= 0.3 is 5.97 Å². The van der Waals surface area contributed by atoms with Crippen LogP contribution in [0.1, 0.15) is 69.4 Å². The lowest BCUT2D eigenvalue weighted by Crippen LogP contribution is -2.36. The summed E-state index contributed by atoms with van der Waals surface area (Å²) in [5, 5.41) is 9.67. The quantitative estimate of drug-likeness (QED) is 0.264. The maximum Gasteiger partial charge on any atom is 0.303 e. The van der Waals surface area contributed by atoms with Gasteiger partial charge in [0, 0.05) is 6.42 Å². The van der Waals surface area contributed by atoms with Crippen molar-refractivity contribution in [2.75, 3.05) is 0 Å². The topological polar surface area (TPSA) is 83.6 Å². The molecule has 1 amide bonds. The third kappa shape index (κ3) is 8.67. The third-order valence-electron chi connectivity index (χ3n) is 4.07. The predicted octanol–water partition coefficient (Wildman–Crippen LogP) is 3.66. The van der Waals surface area contributed by atoms with Gasteiger partial charge in [-0.05, 0) is 24.0 Å². The first kappa shape index (κ1) is 20.2. The van der Waals surface area contributed by atoms with Crippen LogP contribution >= 0.6 is 0 Å². The van der Waals surface area contributed by atoms with E-state index in [1.807, 2.05) is 12.1 Å². The van der Waals surface area contributed by atoms with E-state index in [4.69, 9.17) is 10.9 Å². The number of nitrogens with zero attached hydrogens (tertiary/aromatic N) is 1. The van der Waals surface area contributed by atoms with Gasteiger partial charge in [-0.25, -0.2) is 5.84 Å². The van der Waals surface area contributed by atoms with Crippen molar-refractivity contribution in [3.63, 3.8) is 0 Å². The van der Waals surface area contributed by atoms with E-state index in [0.29, 0.717) is 6.54 Å². The van der Waals surface area contributed by atoms with Crippen molar-refractivity contribution in [1.29, 1.82) is 0 Å². The minimum atomic E-state index is -0.990. The molecule has 0 atom stereocenters. The Morgan fingerprint density at radius 1 is 0.958 bits per heavy atom. The molecule has 0 aliphatic heterocycles. The number of hydrogen-bond donors (Lipinski definition) is 2. The number of hydrazine groups is 1. The molecule has 0 unspecified atom stereocenters. The van der Waals surface area contributed by atoms with Crippen LogP contribution in [0.5, 0.6) is 0 Å². The first-order valence-corrected chi connectivity index (χ1v) is 8.87. The number of nitrogens with two attached hydrogens (primary N) is 1. The van der Waals surface area contributed by atoms with Crippen LogP contribution in [0.3, 0.4) is 0 Å². The van der Waals surface area contributed by atoms with Gasteiger partial charge in [-0.3, -0.25) is 14.6 Å². The van der Waals surface area contributed by atoms with E-state index in [1.165, 1.54) is 44.1 Å². The molecule has 0 heterocycles. The monoisotopic (exact) mass is 334 g/mol. The Kier molecular flexibility index (Phi) is 9.77. The van der Waals surface area contributed by atoms with Crippen molar-refractivity contribution >= 4 is 11.9 Å². The minimum Gasteiger partial charge on any atom is -0.481 e. The fourth-order valence-corrected chi connectivity index (χ4v) is 2.56. The molecule has 0 radical (unpaired) electrons. The van der Waals surface area contributed by atoms with Gasteiger partial charge in [0.05, 0.1) is 13.0 Å². The van der Waals surface area contributed by atoms with E-state index in [0.717, 1.165) is 17.0 Å². The maximum absolute atomic E-state index is 11.7. The average molecular weight is 334 g/mol. The van der Waals surface area contributed by atoms with Crippen LogP contribution in [0.4, 0.5) is 0 Å². The zero-order chi connectivity index (χ0) is 17.8. The van der Waals surface area contributed by atoms with Crippen molar-refractivity contribution in [1.82, 2.24) is 5.01 Å². The second-order valence-electron chi connectivity index (χ2n) is 6.25. The number of rotatable bonds is 12. The van der Waals surface area contributed by atoms with Crippen LogP contribution in [-0.4, -0.2) is 22.0 Å². The summed E-state index contributed by atoms with van der Waals surface area (Å²) in [4.78, 5) is 22.2. The molecule has 3 N–H and O–H groups in total. The largest absolute Gasteiger partial charge is 0.481 e. The molecule has 0 bridgehead atoms. The molecule has 0 saturated carbocycles. The summed E-state index contributed by atoms with van der Waals surface area (Å²) >= 11 is 0. The van der Waals surface area contributed by atoms with E-state index < -0.39 is 5.97 Å². The zero-order valence-electron chi connectivity index (χ0n) is 14.7. The van der Waals surface area contributed by atoms with E-state index in [-0.39, 0.29) is 18.7 Å². The molecule has 1 aromatic rings. The molecule has 0 aromatic heterocycles. The Morgan fingerprint density at radius 2 is 1.54 bits per heavy atom. The SMILES string of the molecule is CCCCCCCCc1ccc(CN(N)C(=O)CCC(=O)O)cc1. The fourth-order valence-electron chi connectivity index (χ4n) is 2.56. The first-order chi connectivity index (χ1) is 11.5. The van der Waals surface area contributed by atoms with E-state index in [9.17, 15) is 9.59 Å². The molecule has 0 saturated heterocycles. The predicted molar refractivity (Wildman–Crippen MR) is 95.1 cm³/mol.